The van der Waals surface area contributed by atoms with Gasteiger partial charge in [-0.25, -0.2) is 0 Å². The van der Waals surface area contributed by atoms with Crippen LogP contribution in [0.25, 0.3) is 11.1 Å². The van der Waals surface area contributed by atoms with Crippen molar-refractivity contribution in [1.29, 1.82) is 0 Å². The molecule has 0 spiro atoms. The molecule has 180 valence electrons. The fourth-order valence-electron chi connectivity index (χ4n) is 3.46. The van der Waals surface area contributed by atoms with Crippen LogP contribution in [0.15, 0.2) is 81.6 Å². The highest BCUT2D eigenvalue weighted by Crippen LogP contribution is 2.38. The monoisotopic (exact) mass is 471 g/mol. The lowest BCUT2D eigenvalue weighted by molar-refractivity contribution is 0.952. The molecule has 2 rings (SSSR count). The first-order chi connectivity index (χ1) is 16.5. The number of nitrogens with two attached hydrogens (primary N) is 1. The third-order valence-electron chi connectivity index (χ3n) is 5.59. The average Bonchev–Trinajstić information content (AvgIpc) is 2.84. The van der Waals surface area contributed by atoms with Crippen LogP contribution >= 0.6 is 11.8 Å². The van der Waals surface area contributed by atoms with Gasteiger partial charge in [0.05, 0.1) is 0 Å². The summed E-state index contributed by atoms with van der Waals surface area (Å²) in [5, 5.41) is 0. The number of hydrogen-bond acceptors (Lipinski definition) is 2. The molecule has 0 saturated carbocycles. The summed E-state index contributed by atoms with van der Waals surface area (Å²) in [5.74, 6) is 6.66. The van der Waals surface area contributed by atoms with Crippen LogP contribution in [0.5, 0.6) is 0 Å². The zero-order valence-corrected chi connectivity index (χ0v) is 22.5. The number of allylic oxidation sites excluding steroid dienone is 5. The van der Waals surface area contributed by atoms with Gasteiger partial charge in [0.1, 0.15) is 0 Å². The summed E-state index contributed by atoms with van der Waals surface area (Å²) in [5.41, 5.74) is 13.3. The van der Waals surface area contributed by atoms with Crippen molar-refractivity contribution < 1.29 is 0 Å². The first-order valence-electron chi connectivity index (χ1n) is 12.7. The second-order valence-electron chi connectivity index (χ2n) is 8.73. The maximum atomic E-state index is 5.74. The summed E-state index contributed by atoms with van der Waals surface area (Å²) in [7, 11) is 0. The zero-order valence-electron chi connectivity index (χ0n) is 21.7. The minimum Gasteiger partial charge on any atom is -0.330 e. The van der Waals surface area contributed by atoms with Crippen LogP contribution in [0.1, 0.15) is 77.8 Å². The van der Waals surface area contributed by atoms with E-state index in [4.69, 9.17) is 5.73 Å². The third kappa shape index (κ3) is 9.41. The maximum Gasteiger partial charge on any atom is 0.0256 e. The second kappa shape index (κ2) is 15.4. The van der Waals surface area contributed by atoms with Crippen LogP contribution in [-0.2, 0) is 6.42 Å². The summed E-state index contributed by atoms with van der Waals surface area (Å²) in [6.45, 7) is 11.7. The Morgan fingerprint density at radius 3 is 2.38 bits per heavy atom. The Hall–Kier alpha value is -2.47. The van der Waals surface area contributed by atoms with Gasteiger partial charge in [0.2, 0.25) is 0 Å². The van der Waals surface area contributed by atoms with Crippen molar-refractivity contribution in [3.8, 4) is 23.0 Å². The van der Waals surface area contributed by atoms with Gasteiger partial charge in [0.15, 0.2) is 0 Å². The molecule has 2 aromatic rings. The molecule has 0 amide bonds. The largest absolute Gasteiger partial charge is 0.330 e. The Kier molecular flexibility index (Phi) is 12.6. The second-order valence-corrected chi connectivity index (χ2v) is 9.84. The molecule has 0 fully saturated rings. The van der Waals surface area contributed by atoms with Gasteiger partial charge >= 0.3 is 0 Å². The Morgan fingerprint density at radius 2 is 1.74 bits per heavy atom. The van der Waals surface area contributed by atoms with Crippen molar-refractivity contribution in [2.75, 3.05) is 6.54 Å². The molecular weight excluding hydrogens is 430 g/mol. The highest BCUT2D eigenvalue weighted by atomic mass is 32.2. The average molecular weight is 472 g/mol. The summed E-state index contributed by atoms with van der Waals surface area (Å²) in [4.78, 5) is 2.51. The predicted molar refractivity (Wildman–Crippen MR) is 153 cm³/mol. The molecule has 0 atom stereocenters. The van der Waals surface area contributed by atoms with Crippen molar-refractivity contribution in [3.63, 3.8) is 0 Å². The summed E-state index contributed by atoms with van der Waals surface area (Å²) < 4.78 is 0. The van der Waals surface area contributed by atoms with E-state index in [0.717, 1.165) is 37.7 Å². The highest BCUT2D eigenvalue weighted by Gasteiger charge is 2.10. The van der Waals surface area contributed by atoms with Gasteiger partial charge in [0.25, 0.3) is 0 Å². The van der Waals surface area contributed by atoms with Crippen molar-refractivity contribution in [3.05, 3.63) is 87.9 Å². The normalized spacial score (nSPS) is 12.5. The third-order valence-corrected chi connectivity index (χ3v) is 6.62. The van der Waals surface area contributed by atoms with Gasteiger partial charge in [-0.15, -0.1) is 0 Å². The van der Waals surface area contributed by atoms with Gasteiger partial charge in [-0.1, -0.05) is 98.3 Å². The van der Waals surface area contributed by atoms with Crippen molar-refractivity contribution in [2.45, 2.75) is 78.0 Å². The Balaban J connectivity index is 2.55. The summed E-state index contributed by atoms with van der Waals surface area (Å²) in [6.07, 6.45) is 13.2. The van der Waals surface area contributed by atoms with Gasteiger partial charge in [-0.05, 0) is 87.1 Å². The van der Waals surface area contributed by atoms with Crippen LogP contribution in [0.2, 0.25) is 0 Å². The molecule has 2 heteroatoms. The van der Waals surface area contributed by atoms with E-state index in [-0.39, 0.29) is 0 Å². The number of unbranched alkanes of at least 4 members (excludes halogenated alkanes) is 2. The number of benzene rings is 2. The number of thioether (sulfide) groups is 1. The van der Waals surface area contributed by atoms with E-state index in [1.165, 1.54) is 44.1 Å². The lowest BCUT2D eigenvalue weighted by Gasteiger charge is -2.13. The molecule has 34 heavy (non-hydrogen) atoms. The SMILES string of the molecule is CCCC#Cc1ccc(-c2ccc(CCN)cc2)c(SC(/C=C(\C)CC)=C/C(C)=C\CCC)c1. The van der Waals surface area contributed by atoms with Crippen LogP contribution in [0.3, 0.4) is 0 Å². The molecule has 0 aliphatic heterocycles. The van der Waals surface area contributed by atoms with Gasteiger partial charge in [-0.2, -0.15) is 0 Å². The molecule has 0 heterocycles. The molecule has 0 radical (unpaired) electrons. The molecule has 2 aromatic carbocycles. The van der Waals surface area contributed by atoms with Gasteiger partial charge in [0, 0.05) is 21.8 Å². The van der Waals surface area contributed by atoms with E-state index in [2.05, 4.69) is 107 Å². The van der Waals surface area contributed by atoms with Crippen molar-refractivity contribution in [1.82, 2.24) is 0 Å². The lowest BCUT2D eigenvalue weighted by Crippen LogP contribution is -2.02. The van der Waals surface area contributed by atoms with E-state index in [9.17, 15) is 0 Å². The molecule has 0 aliphatic rings. The maximum absolute atomic E-state index is 5.74. The first kappa shape index (κ1) is 27.8. The van der Waals surface area contributed by atoms with Gasteiger partial charge < -0.3 is 5.73 Å². The van der Waals surface area contributed by atoms with Crippen LogP contribution in [0, 0.1) is 11.8 Å². The fourth-order valence-corrected chi connectivity index (χ4v) is 4.70. The molecule has 2 N–H and O–H groups in total. The molecule has 0 aromatic heterocycles. The Morgan fingerprint density at radius 1 is 0.971 bits per heavy atom. The predicted octanol–water partition coefficient (Wildman–Crippen LogP) is 9.09. The quantitative estimate of drug-likeness (QED) is 0.201. The van der Waals surface area contributed by atoms with Crippen molar-refractivity contribution >= 4 is 11.8 Å². The van der Waals surface area contributed by atoms with E-state index < -0.39 is 0 Å². The van der Waals surface area contributed by atoms with Crippen molar-refractivity contribution in [2.24, 2.45) is 5.73 Å². The molecule has 0 saturated heterocycles. The zero-order chi connectivity index (χ0) is 24.8. The van der Waals surface area contributed by atoms with Gasteiger partial charge in [-0.3, -0.25) is 0 Å². The topological polar surface area (TPSA) is 26.0 Å². The highest BCUT2D eigenvalue weighted by molar-refractivity contribution is 8.03. The summed E-state index contributed by atoms with van der Waals surface area (Å²) >= 11 is 1.84. The fraction of sp³-hybridized carbons (Fsp3) is 0.375. The molecule has 0 bridgehead atoms. The van der Waals surface area contributed by atoms with Crippen LogP contribution in [-0.4, -0.2) is 6.54 Å². The minimum absolute atomic E-state index is 0.674. The molecular formula is C32H41NS. The molecule has 0 unspecified atom stereocenters. The lowest BCUT2D eigenvalue weighted by atomic mass is 10.0. The summed E-state index contributed by atoms with van der Waals surface area (Å²) in [6, 6.07) is 15.5. The number of rotatable bonds is 11. The van der Waals surface area contributed by atoms with E-state index in [1.807, 2.05) is 11.8 Å². The minimum atomic E-state index is 0.674. The van der Waals surface area contributed by atoms with Crippen LogP contribution in [0.4, 0.5) is 0 Å². The van der Waals surface area contributed by atoms with E-state index in [0.29, 0.717) is 6.54 Å². The number of hydrogen-bond donors (Lipinski definition) is 1. The smallest absolute Gasteiger partial charge is 0.0256 e. The Bertz CT molecular complexity index is 1060. The Labute approximate surface area is 212 Å². The van der Waals surface area contributed by atoms with E-state index in [1.54, 1.807) is 0 Å². The van der Waals surface area contributed by atoms with E-state index >= 15 is 0 Å². The molecule has 0 aliphatic carbocycles. The molecule has 1 nitrogen and oxygen atoms in total. The first-order valence-corrected chi connectivity index (χ1v) is 13.5. The van der Waals surface area contributed by atoms with Crippen LogP contribution < -0.4 is 5.73 Å². The standard InChI is InChI=1S/C32H41NS/c1-6-9-11-13-28-16-19-31(29-17-14-27(15-18-29)20-21-33)32(24-28)34-30(22-25(4)8-3)23-26(5)12-10-7-2/h12,14-19,22-24H,6-10,20-21,33H2,1-5H3/b25-22+,26-12-,30-23+.